The van der Waals surface area contributed by atoms with Gasteiger partial charge < -0.3 is 4.90 Å². The van der Waals surface area contributed by atoms with E-state index in [1.165, 1.54) is 14.0 Å². The number of carbonyl (C=O) groups is 1. The van der Waals surface area contributed by atoms with Crippen LogP contribution in [0, 0.1) is 23.3 Å². The molecule has 0 aliphatic rings. The van der Waals surface area contributed by atoms with E-state index < -0.39 is 45.2 Å². The van der Waals surface area contributed by atoms with Crippen molar-refractivity contribution in [2.24, 2.45) is 0 Å². The summed E-state index contributed by atoms with van der Waals surface area (Å²) >= 11 is 2.73. The highest BCUT2D eigenvalue weighted by molar-refractivity contribution is 9.10. The Hall–Kier alpha value is -2.75. The molecular formula is C18H12BrF4N3O2. The first-order chi connectivity index (χ1) is 13.1. The topological polar surface area (TPSA) is 66.1 Å². The molecule has 2 aromatic carbocycles. The molecule has 0 saturated heterocycles. The van der Waals surface area contributed by atoms with Gasteiger partial charge in [0.2, 0.25) is 0 Å². The molecule has 0 spiro atoms. The van der Waals surface area contributed by atoms with E-state index in [1.807, 2.05) is 0 Å². The lowest BCUT2D eigenvalue weighted by molar-refractivity contribution is 0.0739. The lowest BCUT2D eigenvalue weighted by Gasteiger charge is -2.25. The van der Waals surface area contributed by atoms with Crippen molar-refractivity contribution >= 4 is 32.6 Å². The number of hydrogen-bond donors (Lipinski definition) is 1. The summed E-state index contributed by atoms with van der Waals surface area (Å²) in [6, 6.07) is 2.45. The Bertz CT molecular complexity index is 1140. The molecule has 3 rings (SSSR count). The largest absolute Gasteiger partial charge is 0.333 e. The molecule has 1 aromatic heterocycles. The van der Waals surface area contributed by atoms with Crippen molar-refractivity contribution in [2.45, 2.75) is 13.0 Å². The Kier molecular flexibility index (Phi) is 5.24. The monoisotopic (exact) mass is 457 g/mol. The molecule has 28 heavy (non-hydrogen) atoms. The third kappa shape index (κ3) is 3.39. The van der Waals surface area contributed by atoms with E-state index in [4.69, 9.17) is 0 Å². The minimum Gasteiger partial charge on any atom is -0.333 e. The maximum absolute atomic E-state index is 13.7. The van der Waals surface area contributed by atoms with Gasteiger partial charge in [-0.1, -0.05) is 0 Å². The minimum absolute atomic E-state index is 0.0166. The highest BCUT2D eigenvalue weighted by atomic mass is 79.9. The molecular weight excluding hydrogens is 446 g/mol. The maximum atomic E-state index is 13.7. The van der Waals surface area contributed by atoms with Crippen molar-refractivity contribution in [1.82, 2.24) is 15.1 Å². The van der Waals surface area contributed by atoms with E-state index in [0.29, 0.717) is 0 Å². The van der Waals surface area contributed by atoms with Crippen LogP contribution in [0.1, 0.15) is 29.0 Å². The van der Waals surface area contributed by atoms with Gasteiger partial charge in [-0.3, -0.25) is 9.59 Å². The standard InChI is InChI=1S/C18H12BrF4N3O2/c1-7(26(2)18(28)8-3-13(22)15(19)14(23)4-8)16-9-5-11(20)12(21)6-10(9)17(27)25-24-16/h3-7H,1-2H3,(H,25,27)/t7-/m1/s1. The maximum Gasteiger partial charge on any atom is 0.272 e. The molecule has 3 aromatic rings. The summed E-state index contributed by atoms with van der Waals surface area (Å²) in [5, 5.41) is 5.89. The zero-order chi connectivity index (χ0) is 20.7. The average molecular weight is 458 g/mol. The summed E-state index contributed by atoms with van der Waals surface area (Å²) in [6.45, 7) is 1.52. The Labute approximate surface area is 164 Å². The summed E-state index contributed by atoms with van der Waals surface area (Å²) in [4.78, 5) is 25.6. The van der Waals surface area contributed by atoms with E-state index in [0.717, 1.165) is 29.2 Å². The molecule has 0 unspecified atom stereocenters. The number of aromatic nitrogens is 2. The first-order valence-corrected chi connectivity index (χ1v) is 8.70. The number of amides is 1. The first kappa shape index (κ1) is 20.0. The fourth-order valence-corrected chi connectivity index (χ4v) is 2.97. The Morgan fingerprint density at radius 1 is 1.04 bits per heavy atom. The summed E-state index contributed by atoms with van der Waals surface area (Å²) in [5.41, 5.74) is -0.892. The Morgan fingerprint density at radius 3 is 2.14 bits per heavy atom. The molecule has 0 saturated carbocycles. The van der Waals surface area contributed by atoms with Crippen molar-refractivity contribution < 1.29 is 22.4 Å². The van der Waals surface area contributed by atoms with E-state index >= 15 is 0 Å². The highest BCUT2D eigenvalue weighted by Crippen LogP contribution is 2.27. The van der Waals surface area contributed by atoms with Crippen molar-refractivity contribution in [1.29, 1.82) is 0 Å². The molecule has 1 heterocycles. The number of hydrogen-bond acceptors (Lipinski definition) is 3. The summed E-state index contributed by atoms with van der Waals surface area (Å²) in [6.07, 6.45) is 0. The van der Waals surface area contributed by atoms with Gasteiger partial charge in [0.15, 0.2) is 11.6 Å². The molecule has 0 radical (unpaired) electrons. The van der Waals surface area contributed by atoms with Crippen molar-refractivity contribution in [3.8, 4) is 0 Å². The van der Waals surface area contributed by atoms with Crippen LogP contribution < -0.4 is 5.56 Å². The number of benzene rings is 2. The summed E-state index contributed by atoms with van der Waals surface area (Å²) in [7, 11) is 1.35. The lowest BCUT2D eigenvalue weighted by atomic mass is 10.0. The van der Waals surface area contributed by atoms with Gasteiger partial charge in [0.25, 0.3) is 11.5 Å². The van der Waals surface area contributed by atoms with Crippen LogP contribution in [-0.4, -0.2) is 28.1 Å². The van der Waals surface area contributed by atoms with E-state index in [2.05, 4.69) is 26.1 Å². The van der Waals surface area contributed by atoms with Gasteiger partial charge in [-0.15, -0.1) is 0 Å². The van der Waals surface area contributed by atoms with Gasteiger partial charge in [0.05, 0.1) is 21.6 Å². The Morgan fingerprint density at radius 2 is 1.57 bits per heavy atom. The second-order valence-corrected chi connectivity index (χ2v) is 6.89. The van der Waals surface area contributed by atoms with Gasteiger partial charge in [-0.05, 0) is 47.1 Å². The number of halogens is 5. The smallest absolute Gasteiger partial charge is 0.272 e. The van der Waals surface area contributed by atoms with Crippen molar-refractivity contribution in [2.75, 3.05) is 7.05 Å². The van der Waals surface area contributed by atoms with E-state index in [-0.39, 0.29) is 22.0 Å². The van der Waals surface area contributed by atoms with Crippen LogP contribution in [0.2, 0.25) is 0 Å². The fourth-order valence-electron chi connectivity index (χ4n) is 2.74. The molecule has 0 aliphatic heterocycles. The van der Waals surface area contributed by atoms with Gasteiger partial charge in [0.1, 0.15) is 11.6 Å². The zero-order valence-electron chi connectivity index (χ0n) is 14.5. The quantitative estimate of drug-likeness (QED) is 0.476. The minimum atomic E-state index is -1.20. The van der Waals surface area contributed by atoms with Crippen LogP contribution in [0.4, 0.5) is 17.6 Å². The molecule has 1 N–H and O–H groups in total. The average Bonchev–Trinajstić information content (AvgIpc) is 2.66. The molecule has 0 fully saturated rings. The van der Waals surface area contributed by atoms with Gasteiger partial charge in [0, 0.05) is 18.0 Å². The number of fused-ring (bicyclic) bond motifs is 1. The number of nitrogens with zero attached hydrogens (tertiary/aromatic N) is 2. The number of nitrogens with one attached hydrogen (secondary N) is 1. The van der Waals surface area contributed by atoms with Gasteiger partial charge in [-0.2, -0.15) is 5.10 Å². The number of aromatic amines is 1. The number of carbonyl (C=O) groups excluding carboxylic acids is 1. The molecule has 1 amide bonds. The predicted molar refractivity (Wildman–Crippen MR) is 96.8 cm³/mol. The first-order valence-electron chi connectivity index (χ1n) is 7.90. The summed E-state index contributed by atoms with van der Waals surface area (Å²) < 4.78 is 54.3. The van der Waals surface area contributed by atoms with Crippen molar-refractivity contribution in [3.63, 3.8) is 0 Å². The highest BCUT2D eigenvalue weighted by Gasteiger charge is 2.25. The molecule has 146 valence electrons. The Balaban J connectivity index is 2.05. The third-order valence-corrected chi connectivity index (χ3v) is 5.14. The summed E-state index contributed by atoms with van der Waals surface area (Å²) in [5.74, 6) is -5.02. The fraction of sp³-hybridized carbons (Fsp3) is 0.167. The van der Waals surface area contributed by atoms with Gasteiger partial charge in [-0.25, -0.2) is 22.7 Å². The normalized spacial score (nSPS) is 12.2. The van der Waals surface area contributed by atoms with Crippen molar-refractivity contribution in [3.05, 3.63) is 73.6 Å². The van der Waals surface area contributed by atoms with Crippen LogP contribution in [0.3, 0.4) is 0 Å². The predicted octanol–water partition coefficient (Wildman–Crippen LogP) is 4.08. The molecule has 10 heteroatoms. The SMILES string of the molecule is C[C@H](c1n[nH]c(=O)c2cc(F)c(F)cc12)N(C)C(=O)c1cc(F)c(Br)c(F)c1. The van der Waals surface area contributed by atoms with Crippen LogP contribution in [-0.2, 0) is 0 Å². The van der Waals surface area contributed by atoms with Crippen LogP contribution in [0.25, 0.3) is 10.8 Å². The lowest BCUT2D eigenvalue weighted by Crippen LogP contribution is -2.31. The second-order valence-electron chi connectivity index (χ2n) is 6.10. The third-order valence-electron chi connectivity index (χ3n) is 4.39. The molecule has 0 aliphatic carbocycles. The van der Waals surface area contributed by atoms with Crippen LogP contribution >= 0.6 is 15.9 Å². The van der Waals surface area contributed by atoms with Gasteiger partial charge >= 0.3 is 0 Å². The van der Waals surface area contributed by atoms with E-state index in [9.17, 15) is 27.2 Å². The number of H-pyrrole nitrogens is 1. The van der Waals surface area contributed by atoms with Crippen LogP contribution in [0.15, 0.2) is 33.5 Å². The van der Waals surface area contributed by atoms with E-state index in [1.54, 1.807) is 0 Å². The molecule has 1 atom stereocenters. The number of rotatable bonds is 3. The molecule has 5 nitrogen and oxygen atoms in total. The van der Waals surface area contributed by atoms with Crippen LogP contribution in [0.5, 0.6) is 0 Å². The molecule has 0 bridgehead atoms. The second kappa shape index (κ2) is 7.34. The zero-order valence-corrected chi connectivity index (χ0v) is 16.1.